The Labute approximate surface area is 108 Å². The lowest BCUT2D eigenvalue weighted by Crippen LogP contribution is -2.49. The third-order valence-electron chi connectivity index (χ3n) is 3.87. The normalized spacial score (nSPS) is 31.1. The van der Waals surface area contributed by atoms with Gasteiger partial charge in [0.1, 0.15) is 0 Å². The summed E-state index contributed by atoms with van der Waals surface area (Å²) < 4.78 is 6.03. The van der Waals surface area contributed by atoms with E-state index in [1.54, 1.807) is 0 Å². The number of hydrogen-bond acceptors (Lipinski definition) is 2. The van der Waals surface area contributed by atoms with Gasteiger partial charge in [-0.15, -0.1) is 0 Å². The summed E-state index contributed by atoms with van der Waals surface area (Å²) >= 11 is 0. The maximum absolute atomic E-state index is 6.03. The van der Waals surface area contributed by atoms with Crippen LogP contribution in [0.1, 0.15) is 60.3 Å². The Hall–Kier alpha value is -0.0800. The summed E-state index contributed by atoms with van der Waals surface area (Å²) in [6.45, 7) is 13.7. The fraction of sp³-hybridized carbons (Fsp3) is 1.00. The van der Waals surface area contributed by atoms with Crippen LogP contribution < -0.4 is 0 Å². The van der Waals surface area contributed by atoms with Crippen LogP contribution in [0.15, 0.2) is 0 Å². The van der Waals surface area contributed by atoms with E-state index in [9.17, 15) is 0 Å². The lowest BCUT2D eigenvalue weighted by atomic mass is 9.94. The Kier molecular flexibility index (Phi) is 6.50. The van der Waals surface area contributed by atoms with Crippen LogP contribution in [-0.4, -0.2) is 36.2 Å². The second kappa shape index (κ2) is 7.38. The third-order valence-corrected chi connectivity index (χ3v) is 3.87. The van der Waals surface area contributed by atoms with Crippen LogP contribution in [0, 0.1) is 5.92 Å². The predicted molar refractivity (Wildman–Crippen MR) is 74.4 cm³/mol. The summed E-state index contributed by atoms with van der Waals surface area (Å²) in [5.74, 6) is 0.755. The SMILES string of the molecule is CCCN1[C@H](C)CC(OCCC(C)C)C[C@@H]1C. The van der Waals surface area contributed by atoms with Crippen LogP contribution >= 0.6 is 0 Å². The molecule has 0 aromatic heterocycles. The summed E-state index contributed by atoms with van der Waals surface area (Å²) in [7, 11) is 0. The molecule has 0 aromatic rings. The molecule has 3 atom stereocenters. The van der Waals surface area contributed by atoms with Crippen molar-refractivity contribution >= 4 is 0 Å². The van der Waals surface area contributed by atoms with E-state index in [1.807, 2.05) is 0 Å². The highest BCUT2D eigenvalue weighted by Crippen LogP contribution is 2.25. The van der Waals surface area contributed by atoms with Crippen LogP contribution in [0.2, 0.25) is 0 Å². The van der Waals surface area contributed by atoms with Gasteiger partial charge in [0.2, 0.25) is 0 Å². The van der Waals surface area contributed by atoms with E-state index < -0.39 is 0 Å². The Morgan fingerprint density at radius 2 is 1.76 bits per heavy atom. The predicted octanol–water partition coefficient (Wildman–Crippen LogP) is 3.70. The molecule has 1 rings (SSSR count). The first-order chi connectivity index (χ1) is 8.04. The number of piperidine rings is 1. The van der Waals surface area contributed by atoms with Gasteiger partial charge in [0.15, 0.2) is 0 Å². The summed E-state index contributed by atoms with van der Waals surface area (Å²) in [6, 6.07) is 1.37. The van der Waals surface area contributed by atoms with Crippen molar-refractivity contribution in [2.75, 3.05) is 13.2 Å². The summed E-state index contributed by atoms with van der Waals surface area (Å²) in [5.41, 5.74) is 0. The topological polar surface area (TPSA) is 12.5 Å². The number of nitrogens with zero attached hydrogens (tertiary/aromatic N) is 1. The molecule has 0 spiro atoms. The highest BCUT2D eigenvalue weighted by molar-refractivity contribution is 4.84. The van der Waals surface area contributed by atoms with Crippen LogP contribution in [-0.2, 0) is 4.74 Å². The molecule has 0 aromatic carbocycles. The van der Waals surface area contributed by atoms with Crippen molar-refractivity contribution in [3.05, 3.63) is 0 Å². The Morgan fingerprint density at radius 3 is 2.24 bits per heavy atom. The fourth-order valence-corrected chi connectivity index (χ4v) is 2.87. The van der Waals surface area contributed by atoms with E-state index in [4.69, 9.17) is 4.74 Å². The second-order valence-corrected chi connectivity index (χ2v) is 6.08. The molecule has 0 aliphatic carbocycles. The molecule has 0 saturated carbocycles. The first kappa shape index (κ1) is 15.0. The molecular formula is C15H31NO. The van der Waals surface area contributed by atoms with Gasteiger partial charge in [-0.3, -0.25) is 4.90 Å². The Balaban J connectivity index is 2.32. The molecule has 1 fully saturated rings. The molecule has 1 aliphatic heterocycles. The van der Waals surface area contributed by atoms with Gasteiger partial charge in [-0.1, -0.05) is 20.8 Å². The lowest BCUT2D eigenvalue weighted by molar-refractivity contribution is -0.0362. The molecule has 1 heterocycles. The van der Waals surface area contributed by atoms with E-state index in [0.717, 1.165) is 12.5 Å². The van der Waals surface area contributed by atoms with Crippen molar-refractivity contribution in [1.82, 2.24) is 4.90 Å². The average molecular weight is 241 g/mol. The highest BCUT2D eigenvalue weighted by atomic mass is 16.5. The minimum absolute atomic E-state index is 0.492. The molecule has 2 nitrogen and oxygen atoms in total. The standard InChI is InChI=1S/C15H31NO/c1-6-8-16-13(4)10-15(11-14(16)5)17-9-7-12(2)3/h12-15H,6-11H2,1-5H3/t13-,14+,15?. The summed E-state index contributed by atoms with van der Waals surface area (Å²) in [5, 5.41) is 0. The molecule has 2 heteroatoms. The van der Waals surface area contributed by atoms with Gasteiger partial charge in [-0.25, -0.2) is 0 Å². The van der Waals surface area contributed by atoms with Gasteiger partial charge in [0.25, 0.3) is 0 Å². The van der Waals surface area contributed by atoms with Gasteiger partial charge in [-0.05, 0) is 52.0 Å². The fourth-order valence-electron chi connectivity index (χ4n) is 2.87. The van der Waals surface area contributed by atoms with Crippen molar-refractivity contribution in [2.24, 2.45) is 5.92 Å². The second-order valence-electron chi connectivity index (χ2n) is 6.08. The van der Waals surface area contributed by atoms with E-state index >= 15 is 0 Å². The van der Waals surface area contributed by atoms with Crippen LogP contribution in [0.3, 0.4) is 0 Å². The average Bonchev–Trinajstić information content (AvgIpc) is 2.23. The minimum atomic E-state index is 0.492. The minimum Gasteiger partial charge on any atom is -0.378 e. The first-order valence-corrected chi connectivity index (χ1v) is 7.41. The van der Waals surface area contributed by atoms with Gasteiger partial charge in [0, 0.05) is 18.7 Å². The van der Waals surface area contributed by atoms with Gasteiger partial charge >= 0.3 is 0 Å². The Bertz CT molecular complexity index is 193. The molecule has 1 aliphatic rings. The van der Waals surface area contributed by atoms with Gasteiger partial charge in [0.05, 0.1) is 6.10 Å². The van der Waals surface area contributed by atoms with E-state index in [-0.39, 0.29) is 0 Å². The molecule has 0 N–H and O–H groups in total. The summed E-state index contributed by atoms with van der Waals surface area (Å²) in [4.78, 5) is 2.64. The summed E-state index contributed by atoms with van der Waals surface area (Å²) in [6.07, 6.45) is 5.36. The molecule has 102 valence electrons. The maximum atomic E-state index is 6.03. The van der Waals surface area contributed by atoms with Crippen molar-refractivity contribution < 1.29 is 4.74 Å². The maximum Gasteiger partial charge on any atom is 0.0604 e. The molecule has 17 heavy (non-hydrogen) atoms. The molecule has 0 radical (unpaired) electrons. The molecule has 1 saturated heterocycles. The molecule has 0 bridgehead atoms. The van der Waals surface area contributed by atoms with Crippen molar-refractivity contribution in [3.63, 3.8) is 0 Å². The largest absolute Gasteiger partial charge is 0.378 e. The quantitative estimate of drug-likeness (QED) is 0.703. The van der Waals surface area contributed by atoms with E-state index in [2.05, 4.69) is 39.5 Å². The molecule has 1 unspecified atom stereocenters. The van der Waals surface area contributed by atoms with Gasteiger partial charge in [-0.2, -0.15) is 0 Å². The van der Waals surface area contributed by atoms with Crippen LogP contribution in [0.25, 0.3) is 0 Å². The monoisotopic (exact) mass is 241 g/mol. The number of hydrogen-bond donors (Lipinski definition) is 0. The number of rotatable bonds is 6. The first-order valence-electron chi connectivity index (χ1n) is 7.41. The van der Waals surface area contributed by atoms with Crippen LogP contribution in [0.4, 0.5) is 0 Å². The zero-order valence-corrected chi connectivity index (χ0v) is 12.4. The zero-order valence-electron chi connectivity index (χ0n) is 12.4. The van der Waals surface area contributed by atoms with E-state index in [0.29, 0.717) is 18.2 Å². The smallest absolute Gasteiger partial charge is 0.0604 e. The highest BCUT2D eigenvalue weighted by Gasteiger charge is 2.30. The number of likely N-dealkylation sites (tertiary alicyclic amines) is 1. The van der Waals surface area contributed by atoms with E-state index in [1.165, 1.54) is 32.2 Å². The van der Waals surface area contributed by atoms with Gasteiger partial charge < -0.3 is 4.74 Å². The third kappa shape index (κ3) is 4.97. The van der Waals surface area contributed by atoms with Crippen molar-refractivity contribution in [2.45, 2.75) is 78.5 Å². The van der Waals surface area contributed by atoms with Crippen molar-refractivity contribution in [1.29, 1.82) is 0 Å². The van der Waals surface area contributed by atoms with Crippen molar-refractivity contribution in [3.8, 4) is 0 Å². The Morgan fingerprint density at radius 1 is 1.18 bits per heavy atom. The molecule has 0 amide bonds. The zero-order chi connectivity index (χ0) is 12.8. The molecular weight excluding hydrogens is 210 g/mol. The number of ether oxygens (including phenoxy) is 1. The van der Waals surface area contributed by atoms with Crippen LogP contribution in [0.5, 0.6) is 0 Å². The lowest BCUT2D eigenvalue weighted by Gasteiger charge is -2.42.